The second-order valence-electron chi connectivity index (χ2n) is 3.70. The quantitative estimate of drug-likeness (QED) is 0.690. The number of halogens is 5. The van der Waals surface area contributed by atoms with Crippen LogP contribution in [0.2, 0.25) is 0 Å². The fourth-order valence-corrected chi connectivity index (χ4v) is 1.79. The van der Waals surface area contributed by atoms with Gasteiger partial charge in [0, 0.05) is 4.47 Å². The fourth-order valence-electron chi connectivity index (χ4n) is 1.53. The number of rotatable bonds is 2. The van der Waals surface area contributed by atoms with E-state index in [1.807, 2.05) is 0 Å². The lowest BCUT2D eigenvalue weighted by molar-refractivity contribution is -0.275. The summed E-state index contributed by atoms with van der Waals surface area (Å²) in [7, 11) is 0. The molecule has 0 saturated carbocycles. The summed E-state index contributed by atoms with van der Waals surface area (Å²) in [5.74, 6) is -1.90. The Kier molecular flexibility index (Phi) is 3.80. The molecule has 19 heavy (non-hydrogen) atoms. The molecule has 0 bridgehead atoms. The standard InChI is InChI=1S/C13H7BrF4O/c14-10-4-1-8(2-5-10)9-3-6-12(11(15)7-9)19-13(16,17)18/h1-7H. The van der Waals surface area contributed by atoms with Crippen LogP contribution in [-0.4, -0.2) is 6.36 Å². The molecule has 0 fully saturated rings. The lowest BCUT2D eigenvalue weighted by Gasteiger charge is -2.10. The molecule has 0 saturated heterocycles. The second-order valence-corrected chi connectivity index (χ2v) is 4.62. The molecule has 0 aliphatic carbocycles. The van der Waals surface area contributed by atoms with Gasteiger partial charge in [0.05, 0.1) is 0 Å². The first-order chi connectivity index (χ1) is 8.85. The van der Waals surface area contributed by atoms with Crippen molar-refractivity contribution < 1.29 is 22.3 Å². The maximum Gasteiger partial charge on any atom is 0.573 e. The number of hydrogen-bond acceptors (Lipinski definition) is 1. The zero-order chi connectivity index (χ0) is 14.0. The summed E-state index contributed by atoms with van der Waals surface area (Å²) in [6, 6.07) is 10.3. The molecule has 0 N–H and O–H groups in total. The lowest BCUT2D eigenvalue weighted by Crippen LogP contribution is -2.17. The third kappa shape index (κ3) is 3.70. The molecule has 2 rings (SSSR count). The van der Waals surface area contributed by atoms with Crippen molar-refractivity contribution in [2.45, 2.75) is 6.36 Å². The Bertz CT molecular complexity index is 578. The monoisotopic (exact) mass is 334 g/mol. The minimum atomic E-state index is -4.90. The van der Waals surface area contributed by atoms with Gasteiger partial charge in [-0.1, -0.05) is 34.1 Å². The van der Waals surface area contributed by atoms with Crippen LogP contribution in [0.1, 0.15) is 0 Å². The van der Waals surface area contributed by atoms with E-state index in [-0.39, 0.29) is 0 Å². The highest BCUT2D eigenvalue weighted by Gasteiger charge is 2.32. The van der Waals surface area contributed by atoms with E-state index >= 15 is 0 Å². The van der Waals surface area contributed by atoms with Gasteiger partial charge in [0.25, 0.3) is 0 Å². The minimum absolute atomic E-state index is 0.472. The lowest BCUT2D eigenvalue weighted by atomic mass is 10.1. The smallest absolute Gasteiger partial charge is 0.403 e. The Balaban J connectivity index is 2.31. The van der Waals surface area contributed by atoms with Gasteiger partial charge in [-0.15, -0.1) is 13.2 Å². The first kappa shape index (κ1) is 13.9. The first-order valence-corrected chi connectivity index (χ1v) is 5.96. The van der Waals surface area contributed by atoms with Crippen molar-refractivity contribution in [2.75, 3.05) is 0 Å². The molecule has 2 aromatic carbocycles. The Morgan fingerprint density at radius 1 is 0.895 bits per heavy atom. The van der Waals surface area contributed by atoms with Gasteiger partial charge in [-0.2, -0.15) is 0 Å². The summed E-state index contributed by atoms with van der Waals surface area (Å²) in [5, 5.41) is 0. The highest BCUT2D eigenvalue weighted by molar-refractivity contribution is 9.10. The zero-order valence-corrected chi connectivity index (χ0v) is 10.9. The number of alkyl halides is 3. The van der Waals surface area contributed by atoms with E-state index in [0.717, 1.165) is 16.6 Å². The van der Waals surface area contributed by atoms with E-state index in [4.69, 9.17) is 0 Å². The van der Waals surface area contributed by atoms with Gasteiger partial charge in [-0.3, -0.25) is 0 Å². The molecule has 2 aromatic rings. The van der Waals surface area contributed by atoms with Crippen LogP contribution >= 0.6 is 15.9 Å². The zero-order valence-electron chi connectivity index (χ0n) is 9.34. The molecule has 100 valence electrons. The van der Waals surface area contributed by atoms with Gasteiger partial charge in [-0.25, -0.2) is 4.39 Å². The van der Waals surface area contributed by atoms with E-state index in [2.05, 4.69) is 20.7 Å². The van der Waals surface area contributed by atoms with Crippen LogP contribution in [0, 0.1) is 5.82 Å². The second kappa shape index (κ2) is 5.21. The van der Waals surface area contributed by atoms with Gasteiger partial charge in [-0.05, 0) is 35.4 Å². The molecule has 0 radical (unpaired) electrons. The number of ether oxygens (including phenoxy) is 1. The Labute approximate surface area is 114 Å². The van der Waals surface area contributed by atoms with Gasteiger partial charge in [0.2, 0.25) is 0 Å². The molecule has 0 spiro atoms. The number of hydrogen-bond donors (Lipinski definition) is 0. The SMILES string of the molecule is Fc1cc(-c2ccc(Br)cc2)ccc1OC(F)(F)F. The van der Waals surface area contributed by atoms with Crippen LogP contribution in [-0.2, 0) is 0 Å². The van der Waals surface area contributed by atoms with Gasteiger partial charge < -0.3 is 4.74 Å². The Hall–Kier alpha value is -1.56. The molecule has 0 unspecified atom stereocenters. The predicted octanol–water partition coefficient (Wildman–Crippen LogP) is 5.15. The molecule has 1 nitrogen and oxygen atoms in total. The molecule has 0 aliphatic rings. The van der Waals surface area contributed by atoms with E-state index < -0.39 is 17.9 Å². The Morgan fingerprint density at radius 2 is 1.47 bits per heavy atom. The first-order valence-electron chi connectivity index (χ1n) is 5.16. The average molecular weight is 335 g/mol. The van der Waals surface area contributed by atoms with Gasteiger partial charge in [0.1, 0.15) is 0 Å². The predicted molar refractivity (Wildman–Crippen MR) is 66.2 cm³/mol. The highest BCUT2D eigenvalue weighted by atomic mass is 79.9. The summed E-state index contributed by atoms with van der Waals surface area (Å²) in [4.78, 5) is 0. The van der Waals surface area contributed by atoms with Crippen molar-refractivity contribution in [3.05, 3.63) is 52.8 Å². The molecule has 0 atom stereocenters. The third-order valence-electron chi connectivity index (χ3n) is 2.34. The molecule has 6 heteroatoms. The molecule has 0 aliphatic heterocycles. The van der Waals surface area contributed by atoms with Crippen molar-refractivity contribution in [2.24, 2.45) is 0 Å². The van der Waals surface area contributed by atoms with E-state index in [1.54, 1.807) is 24.3 Å². The summed E-state index contributed by atoms with van der Waals surface area (Å²) >= 11 is 3.26. The van der Waals surface area contributed by atoms with Gasteiger partial charge >= 0.3 is 6.36 Å². The van der Waals surface area contributed by atoms with Crippen LogP contribution < -0.4 is 4.74 Å². The van der Waals surface area contributed by atoms with Gasteiger partial charge in [0.15, 0.2) is 11.6 Å². The molecule has 0 amide bonds. The number of benzene rings is 2. The van der Waals surface area contributed by atoms with Crippen molar-refractivity contribution in [1.82, 2.24) is 0 Å². The summed E-state index contributed by atoms with van der Waals surface area (Å²) in [6.45, 7) is 0. The summed E-state index contributed by atoms with van der Waals surface area (Å²) < 4.78 is 53.9. The van der Waals surface area contributed by atoms with Crippen LogP contribution in [0.4, 0.5) is 17.6 Å². The maximum absolute atomic E-state index is 13.5. The fraction of sp³-hybridized carbons (Fsp3) is 0.0769. The normalized spacial score (nSPS) is 11.4. The van der Waals surface area contributed by atoms with E-state index in [1.165, 1.54) is 6.07 Å². The van der Waals surface area contributed by atoms with Crippen LogP contribution in [0.3, 0.4) is 0 Å². The largest absolute Gasteiger partial charge is 0.573 e. The molecule has 0 aromatic heterocycles. The summed E-state index contributed by atoms with van der Waals surface area (Å²) in [6.07, 6.45) is -4.90. The molecular weight excluding hydrogens is 328 g/mol. The maximum atomic E-state index is 13.5. The van der Waals surface area contributed by atoms with E-state index in [9.17, 15) is 17.6 Å². The van der Waals surface area contributed by atoms with Crippen molar-refractivity contribution in [3.63, 3.8) is 0 Å². The highest BCUT2D eigenvalue weighted by Crippen LogP contribution is 2.30. The van der Waals surface area contributed by atoms with E-state index in [0.29, 0.717) is 11.1 Å². The summed E-state index contributed by atoms with van der Waals surface area (Å²) in [5.41, 5.74) is 1.17. The van der Waals surface area contributed by atoms with Crippen LogP contribution in [0.25, 0.3) is 11.1 Å². The average Bonchev–Trinajstić information content (AvgIpc) is 2.31. The van der Waals surface area contributed by atoms with Crippen LogP contribution in [0.15, 0.2) is 46.9 Å². The van der Waals surface area contributed by atoms with Crippen molar-refractivity contribution >= 4 is 15.9 Å². The topological polar surface area (TPSA) is 9.23 Å². The minimum Gasteiger partial charge on any atom is -0.403 e. The van der Waals surface area contributed by atoms with Crippen molar-refractivity contribution in [1.29, 1.82) is 0 Å². The Morgan fingerprint density at radius 3 is 2.00 bits per heavy atom. The molecular formula is C13H7BrF4O. The van der Waals surface area contributed by atoms with Crippen molar-refractivity contribution in [3.8, 4) is 16.9 Å². The molecule has 0 heterocycles. The third-order valence-corrected chi connectivity index (χ3v) is 2.86. The van der Waals surface area contributed by atoms with Crippen LogP contribution in [0.5, 0.6) is 5.75 Å².